The highest BCUT2D eigenvalue weighted by atomic mass is 16.6. The Bertz CT molecular complexity index is 408. The summed E-state index contributed by atoms with van der Waals surface area (Å²) in [4.78, 5) is 21.7. The van der Waals surface area contributed by atoms with E-state index in [1.807, 2.05) is 0 Å². The molecule has 0 aromatic heterocycles. The van der Waals surface area contributed by atoms with Crippen molar-refractivity contribution in [1.29, 1.82) is 0 Å². The van der Waals surface area contributed by atoms with Gasteiger partial charge < -0.3 is 14.6 Å². The van der Waals surface area contributed by atoms with Gasteiger partial charge in [0.15, 0.2) is 6.61 Å². The molecule has 5 nitrogen and oxygen atoms in total. The number of carbonyl (C=O) groups is 2. The van der Waals surface area contributed by atoms with E-state index in [1.54, 1.807) is 38.1 Å². The van der Waals surface area contributed by atoms with Crippen molar-refractivity contribution >= 4 is 11.9 Å². The van der Waals surface area contributed by atoms with Crippen LogP contribution in [0.2, 0.25) is 0 Å². The van der Waals surface area contributed by atoms with E-state index >= 15 is 0 Å². The molecule has 98 valence electrons. The minimum absolute atomic E-state index is 0.0321. The summed E-state index contributed by atoms with van der Waals surface area (Å²) < 4.78 is 10.1. The minimum atomic E-state index is -0.885. The summed E-state index contributed by atoms with van der Waals surface area (Å²) in [6.45, 7) is 3.37. The van der Waals surface area contributed by atoms with Crippen molar-refractivity contribution in [2.45, 2.75) is 26.4 Å². The van der Waals surface area contributed by atoms with Gasteiger partial charge in [-0.05, 0) is 31.5 Å². The molecule has 1 rings (SSSR count). The van der Waals surface area contributed by atoms with Gasteiger partial charge in [0.25, 0.3) is 0 Å². The number of benzene rings is 1. The molecule has 0 radical (unpaired) electrons. The first kappa shape index (κ1) is 14.0. The first-order valence-electron chi connectivity index (χ1n) is 5.60. The number of esters is 1. The Morgan fingerprint density at radius 1 is 1.22 bits per heavy atom. The highest BCUT2D eigenvalue weighted by Crippen LogP contribution is 2.12. The van der Waals surface area contributed by atoms with Crippen LogP contribution in [0.1, 0.15) is 19.4 Å². The van der Waals surface area contributed by atoms with Gasteiger partial charge in [-0.25, -0.2) is 4.79 Å². The summed E-state index contributed by atoms with van der Waals surface area (Å²) in [6, 6.07) is 6.55. The minimum Gasteiger partial charge on any atom is -0.482 e. The number of hydrogen-bond acceptors (Lipinski definition) is 4. The van der Waals surface area contributed by atoms with E-state index in [2.05, 4.69) is 0 Å². The van der Waals surface area contributed by atoms with Crippen molar-refractivity contribution in [3.63, 3.8) is 0 Å². The predicted octanol–water partition coefficient (Wildman–Crippen LogP) is 1.64. The highest BCUT2D eigenvalue weighted by molar-refractivity contribution is 5.71. The highest BCUT2D eigenvalue weighted by Gasteiger charge is 2.06. The molecule has 0 bridgehead atoms. The molecule has 0 aliphatic heterocycles. The predicted molar refractivity (Wildman–Crippen MR) is 64.5 cm³/mol. The summed E-state index contributed by atoms with van der Waals surface area (Å²) in [6.07, 6.45) is -0.200. The molecule has 0 saturated heterocycles. The van der Waals surface area contributed by atoms with Crippen LogP contribution in [0.15, 0.2) is 24.3 Å². The quantitative estimate of drug-likeness (QED) is 0.779. The summed E-state index contributed by atoms with van der Waals surface area (Å²) >= 11 is 0. The van der Waals surface area contributed by atoms with E-state index in [0.29, 0.717) is 11.3 Å². The largest absolute Gasteiger partial charge is 0.482 e. The lowest BCUT2D eigenvalue weighted by Crippen LogP contribution is -2.18. The standard InChI is InChI=1S/C13H16O5/c1-9(2)18-13(16)8-17-11-5-3-10(4-6-11)7-12(14)15/h3-6,9H,7-8H2,1-2H3,(H,14,15). The Morgan fingerprint density at radius 3 is 2.33 bits per heavy atom. The zero-order valence-electron chi connectivity index (χ0n) is 10.4. The smallest absolute Gasteiger partial charge is 0.344 e. The number of carboxylic acid groups (broad SMARTS) is 1. The number of aliphatic carboxylic acids is 1. The molecule has 0 fully saturated rings. The molecule has 0 aliphatic rings. The average molecular weight is 252 g/mol. The van der Waals surface area contributed by atoms with E-state index in [-0.39, 0.29) is 19.1 Å². The molecule has 0 saturated carbocycles. The number of carbonyl (C=O) groups excluding carboxylic acids is 1. The first-order chi connectivity index (χ1) is 8.47. The van der Waals surface area contributed by atoms with Crippen LogP contribution >= 0.6 is 0 Å². The van der Waals surface area contributed by atoms with Gasteiger partial charge in [-0.3, -0.25) is 4.79 Å². The molecule has 0 amide bonds. The van der Waals surface area contributed by atoms with Gasteiger partial charge in [0.2, 0.25) is 0 Å². The van der Waals surface area contributed by atoms with Gasteiger partial charge in [-0.2, -0.15) is 0 Å². The number of carboxylic acids is 1. The summed E-state index contributed by atoms with van der Waals surface area (Å²) in [5, 5.41) is 8.60. The summed E-state index contributed by atoms with van der Waals surface area (Å²) in [7, 11) is 0. The average Bonchev–Trinajstić information content (AvgIpc) is 2.26. The third-order valence-electron chi connectivity index (χ3n) is 2.00. The van der Waals surface area contributed by atoms with E-state index in [1.165, 1.54) is 0 Å². The van der Waals surface area contributed by atoms with Gasteiger partial charge in [0.05, 0.1) is 12.5 Å². The van der Waals surface area contributed by atoms with Crippen LogP contribution in [0, 0.1) is 0 Å². The number of ether oxygens (including phenoxy) is 2. The van der Waals surface area contributed by atoms with Gasteiger partial charge in [-0.1, -0.05) is 12.1 Å². The molecular weight excluding hydrogens is 236 g/mol. The van der Waals surface area contributed by atoms with Crippen LogP contribution < -0.4 is 4.74 Å². The fourth-order valence-corrected chi connectivity index (χ4v) is 1.32. The van der Waals surface area contributed by atoms with E-state index in [0.717, 1.165) is 0 Å². The van der Waals surface area contributed by atoms with Crippen molar-refractivity contribution in [3.05, 3.63) is 29.8 Å². The zero-order chi connectivity index (χ0) is 13.5. The van der Waals surface area contributed by atoms with Crippen molar-refractivity contribution in [2.24, 2.45) is 0 Å². The Morgan fingerprint density at radius 2 is 1.83 bits per heavy atom. The first-order valence-corrected chi connectivity index (χ1v) is 5.60. The van der Waals surface area contributed by atoms with Gasteiger partial charge in [0.1, 0.15) is 5.75 Å². The lowest BCUT2D eigenvalue weighted by molar-refractivity contribution is -0.149. The van der Waals surface area contributed by atoms with Crippen LogP contribution in [-0.2, 0) is 20.7 Å². The second kappa shape index (κ2) is 6.64. The van der Waals surface area contributed by atoms with Crippen LogP contribution in [0.3, 0.4) is 0 Å². The SMILES string of the molecule is CC(C)OC(=O)COc1ccc(CC(=O)O)cc1. The van der Waals surface area contributed by atoms with Crippen LogP contribution in [-0.4, -0.2) is 29.8 Å². The van der Waals surface area contributed by atoms with Crippen molar-refractivity contribution < 1.29 is 24.2 Å². The lowest BCUT2D eigenvalue weighted by atomic mass is 10.1. The lowest BCUT2D eigenvalue weighted by Gasteiger charge is -2.09. The third kappa shape index (κ3) is 5.34. The van der Waals surface area contributed by atoms with Gasteiger partial charge in [-0.15, -0.1) is 0 Å². The molecule has 5 heteroatoms. The molecule has 0 unspecified atom stereocenters. The zero-order valence-corrected chi connectivity index (χ0v) is 10.4. The monoisotopic (exact) mass is 252 g/mol. The molecule has 18 heavy (non-hydrogen) atoms. The van der Waals surface area contributed by atoms with Gasteiger partial charge in [0, 0.05) is 0 Å². The van der Waals surface area contributed by atoms with E-state index in [4.69, 9.17) is 14.6 Å². The van der Waals surface area contributed by atoms with Gasteiger partial charge >= 0.3 is 11.9 Å². The van der Waals surface area contributed by atoms with E-state index < -0.39 is 11.9 Å². The van der Waals surface area contributed by atoms with Crippen LogP contribution in [0.25, 0.3) is 0 Å². The molecular formula is C13H16O5. The van der Waals surface area contributed by atoms with Crippen molar-refractivity contribution in [1.82, 2.24) is 0 Å². The summed E-state index contributed by atoms with van der Waals surface area (Å²) in [5.74, 6) is -0.811. The number of rotatable bonds is 6. The molecule has 0 heterocycles. The molecule has 0 spiro atoms. The number of hydrogen-bond donors (Lipinski definition) is 1. The second-order valence-corrected chi connectivity index (χ2v) is 4.04. The Kier molecular flexibility index (Phi) is 5.17. The summed E-state index contributed by atoms with van der Waals surface area (Å²) in [5.41, 5.74) is 0.680. The van der Waals surface area contributed by atoms with Crippen LogP contribution in [0.5, 0.6) is 5.75 Å². The normalized spacial score (nSPS) is 10.2. The molecule has 1 aromatic rings. The molecule has 0 aliphatic carbocycles. The topological polar surface area (TPSA) is 72.8 Å². The Labute approximate surface area is 105 Å². The van der Waals surface area contributed by atoms with E-state index in [9.17, 15) is 9.59 Å². The molecule has 1 N–H and O–H groups in total. The third-order valence-corrected chi connectivity index (χ3v) is 2.00. The second-order valence-electron chi connectivity index (χ2n) is 4.04. The van der Waals surface area contributed by atoms with Crippen LogP contribution in [0.4, 0.5) is 0 Å². The fraction of sp³-hybridized carbons (Fsp3) is 0.385. The Hall–Kier alpha value is -2.04. The maximum absolute atomic E-state index is 11.2. The van der Waals surface area contributed by atoms with Crippen molar-refractivity contribution in [3.8, 4) is 5.75 Å². The Balaban J connectivity index is 2.44. The molecule has 1 aromatic carbocycles. The van der Waals surface area contributed by atoms with Crippen molar-refractivity contribution in [2.75, 3.05) is 6.61 Å². The molecule has 0 atom stereocenters. The maximum atomic E-state index is 11.2. The fourth-order valence-electron chi connectivity index (χ4n) is 1.32. The maximum Gasteiger partial charge on any atom is 0.344 e.